The lowest BCUT2D eigenvalue weighted by Gasteiger charge is -2.32. The van der Waals surface area contributed by atoms with E-state index in [4.69, 9.17) is 14.2 Å². The standard InChI is InChI=1S/C25H28N4O6/c1-25(2,3)35-24(30)27-14-21(15-28-23(27)13-22(26-28)29(31)32)34-17-19-9-11-20(12-10-19)33-16-18-7-5-4-6-8-18/h4-13,21H,14-17H2,1-3H3. The summed E-state index contributed by atoms with van der Waals surface area (Å²) in [7, 11) is 0. The van der Waals surface area contributed by atoms with Gasteiger partial charge in [0.25, 0.3) is 0 Å². The van der Waals surface area contributed by atoms with Gasteiger partial charge < -0.3 is 24.3 Å². The summed E-state index contributed by atoms with van der Waals surface area (Å²) >= 11 is 0. The molecule has 0 bridgehead atoms. The quantitative estimate of drug-likeness (QED) is 0.356. The number of aromatic nitrogens is 2. The lowest BCUT2D eigenvalue weighted by atomic mass is 10.2. The van der Waals surface area contributed by atoms with E-state index in [-0.39, 0.29) is 18.9 Å². The maximum atomic E-state index is 12.8. The molecule has 0 saturated heterocycles. The average molecular weight is 481 g/mol. The van der Waals surface area contributed by atoms with Crippen molar-refractivity contribution in [3.05, 3.63) is 81.9 Å². The molecule has 4 rings (SSSR count). The molecule has 0 fully saturated rings. The number of ether oxygens (including phenoxy) is 3. The molecule has 35 heavy (non-hydrogen) atoms. The summed E-state index contributed by atoms with van der Waals surface area (Å²) in [6, 6.07) is 18.8. The Morgan fingerprint density at radius 1 is 1.06 bits per heavy atom. The monoisotopic (exact) mass is 480 g/mol. The van der Waals surface area contributed by atoms with Crippen LogP contribution in [-0.4, -0.2) is 39.0 Å². The van der Waals surface area contributed by atoms with E-state index in [9.17, 15) is 14.9 Å². The number of nitrogens with zero attached hydrogens (tertiary/aromatic N) is 4. The number of fused-ring (bicyclic) bond motifs is 1. The Morgan fingerprint density at radius 3 is 2.40 bits per heavy atom. The van der Waals surface area contributed by atoms with Crippen LogP contribution in [-0.2, 0) is 29.2 Å². The molecule has 3 aromatic rings. The second kappa shape index (κ2) is 10.1. The highest BCUT2D eigenvalue weighted by Gasteiger charge is 2.36. The van der Waals surface area contributed by atoms with Gasteiger partial charge in [0.05, 0.1) is 37.0 Å². The predicted octanol–water partition coefficient (Wildman–Crippen LogP) is 4.71. The highest BCUT2D eigenvalue weighted by atomic mass is 16.6. The number of hydrogen-bond acceptors (Lipinski definition) is 7. The van der Waals surface area contributed by atoms with E-state index in [1.165, 1.54) is 15.6 Å². The molecule has 1 aromatic heterocycles. The largest absolute Gasteiger partial charge is 0.489 e. The van der Waals surface area contributed by atoms with Gasteiger partial charge >= 0.3 is 11.9 Å². The maximum absolute atomic E-state index is 12.8. The smallest absolute Gasteiger partial charge is 0.416 e. The number of amides is 1. The molecule has 1 unspecified atom stereocenters. The summed E-state index contributed by atoms with van der Waals surface area (Å²) in [5.41, 5.74) is 1.30. The Kier molecular flexibility index (Phi) is 7.02. The van der Waals surface area contributed by atoms with Crippen LogP contribution in [0.3, 0.4) is 0 Å². The van der Waals surface area contributed by atoms with E-state index in [0.717, 1.165) is 16.9 Å². The molecule has 0 spiro atoms. The van der Waals surface area contributed by atoms with E-state index in [0.29, 0.717) is 19.0 Å². The van der Waals surface area contributed by atoms with Crippen molar-refractivity contribution in [3.63, 3.8) is 0 Å². The average Bonchev–Trinajstić information content (AvgIpc) is 3.26. The molecule has 0 N–H and O–H groups in total. The molecule has 2 heterocycles. The second-order valence-electron chi connectivity index (χ2n) is 9.24. The fourth-order valence-corrected chi connectivity index (χ4v) is 3.61. The highest BCUT2D eigenvalue weighted by molar-refractivity contribution is 5.87. The van der Waals surface area contributed by atoms with Crippen molar-refractivity contribution in [2.75, 3.05) is 11.4 Å². The molecular weight excluding hydrogens is 452 g/mol. The van der Waals surface area contributed by atoms with Crippen LogP contribution < -0.4 is 9.64 Å². The summed E-state index contributed by atoms with van der Waals surface area (Å²) in [5.74, 6) is 0.728. The third-order valence-electron chi connectivity index (χ3n) is 5.24. The number of rotatable bonds is 7. The van der Waals surface area contributed by atoms with Gasteiger partial charge in [-0.1, -0.05) is 42.5 Å². The number of benzene rings is 2. The van der Waals surface area contributed by atoms with Gasteiger partial charge in [-0.15, -0.1) is 0 Å². The lowest BCUT2D eigenvalue weighted by molar-refractivity contribution is -0.389. The third kappa shape index (κ3) is 6.36. The molecule has 0 aliphatic carbocycles. The first kappa shape index (κ1) is 24.2. The van der Waals surface area contributed by atoms with E-state index >= 15 is 0 Å². The Balaban J connectivity index is 1.39. The molecule has 10 nitrogen and oxygen atoms in total. The molecule has 0 radical (unpaired) electrons. The number of hydrogen-bond donors (Lipinski definition) is 0. The van der Waals surface area contributed by atoms with Crippen LogP contribution in [0.2, 0.25) is 0 Å². The zero-order valence-corrected chi connectivity index (χ0v) is 19.9. The van der Waals surface area contributed by atoms with Crippen LogP contribution in [0.15, 0.2) is 60.7 Å². The normalized spacial score (nSPS) is 15.4. The van der Waals surface area contributed by atoms with Crippen molar-refractivity contribution in [3.8, 4) is 5.75 Å². The highest BCUT2D eigenvalue weighted by Crippen LogP contribution is 2.28. The van der Waals surface area contributed by atoms with Crippen LogP contribution in [0.25, 0.3) is 0 Å². The van der Waals surface area contributed by atoms with Crippen LogP contribution in [0.1, 0.15) is 31.9 Å². The SMILES string of the molecule is CC(C)(C)OC(=O)N1CC(OCc2ccc(OCc3ccccc3)cc2)Cn2nc([N+](=O)[O-])cc21. The molecule has 184 valence electrons. The van der Waals surface area contributed by atoms with Crippen LogP contribution in [0.4, 0.5) is 16.4 Å². The van der Waals surface area contributed by atoms with E-state index < -0.39 is 22.7 Å². The minimum Gasteiger partial charge on any atom is -0.489 e. The Morgan fingerprint density at radius 2 is 1.74 bits per heavy atom. The lowest BCUT2D eigenvalue weighted by Crippen LogP contribution is -2.47. The number of anilines is 1. The first-order valence-electron chi connectivity index (χ1n) is 11.3. The maximum Gasteiger partial charge on any atom is 0.416 e. The minimum absolute atomic E-state index is 0.191. The summed E-state index contributed by atoms with van der Waals surface area (Å²) in [4.78, 5) is 24.8. The van der Waals surface area contributed by atoms with Crippen LogP contribution in [0.5, 0.6) is 5.75 Å². The van der Waals surface area contributed by atoms with Gasteiger partial charge in [-0.25, -0.2) is 4.79 Å². The summed E-state index contributed by atoms with van der Waals surface area (Å²) in [6.07, 6.45) is -1.04. The van der Waals surface area contributed by atoms with Crippen molar-refractivity contribution < 1.29 is 23.9 Å². The van der Waals surface area contributed by atoms with Crippen molar-refractivity contribution >= 4 is 17.7 Å². The van der Waals surface area contributed by atoms with Gasteiger partial charge in [0.1, 0.15) is 18.0 Å². The Labute approximate surface area is 203 Å². The predicted molar refractivity (Wildman–Crippen MR) is 128 cm³/mol. The molecule has 1 aliphatic heterocycles. The van der Waals surface area contributed by atoms with E-state index in [1.807, 2.05) is 54.6 Å². The molecule has 1 amide bonds. The molecule has 1 atom stereocenters. The fraction of sp³-hybridized carbons (Fsp3) is 0.360. The fourth-order valence-electron chi connectivity index (χ4n) is 3.61. The first-order chi connectivity index (χ1) is 16.7. The molecule has 10 heteroatoms. The van der Waals surface area contributed by atoms with E-state index in [2.05, 4.69) is 5.10 Å². The van der Waals surface area contributed by atoms with Crippen molar-refractivity contribution in [2.45, 2.75) is 52.2 Å². The zero-order valence-electron chi connectivity index (χ0n) is 19.9. The van der Waals surface area contributed by atoms with Gasteiger partial charge in [0, 0.05) is 0 Å². The number of carbonyl (C=O) groups is 1. The topological polar surface area (TPSA) is 109 Å². The third-order valence-corrected chi connectivity index (χ3v) is 5.24. The summed E-state index contributed by atoms with van der Waals surface area (Å²) in [5, 5.41) is 15.2. The number of carbonyl (C=O) groups excluding carboxylic acids is 1. The summed E-state index contributed by atoms with van der Waals surface area (Å²) in [6.45, 7) is 6.53. The minimum atomic E-state index is -0.716. The molecular formula is C25H28N4O6. The second-order valence-corrected chi connectivity index (χ2v) is 9.24. The molecule has 1 aliphatic rings. The van der Waals surface area contributed by atoms with E-state index in [1.54, 1.807) is 20.8 Å². The van der Waals surface area contributed by atoms with Crippen molar-refractivity contribution in [1.29, 1.82) is 0 Å². The molecule has 0 saturated carbocycles. The zero-order chi connectivity index (χ0) is 25.0. The van der Waals surface area contributed by atoms with Gasteiger partial charge in [-0.05, 0) is 49.0 Å². The van der Waals surface area contributed by atoms with Crippen LogP contribution in [0, 0.1) is 10.1 Å². The van der Waals surface area contributed by atoms with Crippen molar-refractivity contribution in [2.24, 2.45) is 0 Å². The van der Waals surface area contributed by atoms with Gasteiger partial charge in [-0.3, -0.25) is 4.90 Å². The van der Waals surface area contributed by atoms with Gasteiger partial charge in [0.2, 0.25) is 0 Å². The molecule has 2 aromatic carbocycles. The van der Waals surface area contributed by atoms with Gasteiger partial charge in [-0.2, -0.15) is 4.68 Å². The Bertz CT molecular complexity index is 1170. The summed E-state index contributed by atoms with van der Waals surface area (Å²) < 4.78 is 18.8. The van der Waals surface area contributed by atoms with Crippen LogP contribution >= 0.6 is 0 Å². The van der Waals surface area contributed by atoms with Crippen molar-refractivity contribution in [1.82, 2.24) is 9.78 Å². The Hall–Kier alpha value is -3.92. The van der Waals surface area contributed by atoms with Gasteiger partial charge in [0.15, 0.2) is 5.82 Å². The first-order valence-corrected chi connectivity index (χ1v) is 11.3. The number of nitro groups is 1.